The van der Waals surface area contributed by atoms with E-state index in [1.807, 2.05) is 61.5 Å². The molecule has 0 fully saturated rings. The lowest BCUT2D eigenvalue weighted by molar-refractivity contribution is 0.0535. The van der Waals surface area contributed by atoms with Gasteiger partial charge < -0.3 is 30.5 Å². The summed E-state index contributed by atoms with van der Waals surface area (Å²) in [6, 6.07) is -1.46. The molecule has 0 spiro atoms. The molecular formula is C33H66N6O5S2. The number of rotatable bonds is 19. The van der Waals surface area contributed by atoms with E-state index in [1.165, 1.54) is 22.9 Å². The molecule has 1 heterocycles. The molecule has 0 aromatic heterocycles. The lowest BCUT2D eigenvalue weighted by Crippen LogP contribution is -2.56. The number of carbonyl (C=O) groups is 2. The zero-order valence-corrected chi connectivity index (χ0v) is 32.1. The van der Waals surface area contributed by atoms with Crippen LogP contribution in [-0.4, -0.2) is 100 Å². The number of aliphatic hydroxyl groups excluding tert-OH is 2. The summed E-state index contributed by atoms with van der Waals surface area (Å²) in [5.74, 6) is 1.75. The first-order valence-corrected chi connectivity index (χ1v) is 18.8. The van der Waals surface area contributed by atoms with E-state index in [2.05, 4.69) is 46.4 Å². The minimum absolute atomic E-state index is 0.0798. The van der Waals surface area contributed by atoms with Gasteiger partial charge in [-0.15, -0.1) is 23.5 Å². The first-order chi connectivity index (χ1) is 22.1. The van der Waals surface area contributed by atoms with Crippen molar-refractivity contribution in [1.29, 1.82) is 0 Å². The van der Waals surface area contributed by atoms with Gasteiger partial charge in [0.15, 0.2) is 0 Å². The quantitative estimate of drug-likeness (QED) is 0.0439. The fraction of sp³-hybridized carbons (Fsp3) is 0.758. The molecule has 0 bridgehead atoms. The number of nitrogens with one attached hydrogen (secondary N) is 3. The Bertz CT molecular complexity index is 873. The molecule has 13 heteroatoms. The molecule has 1 aliphatic rings. The minimum Gasteiger partial charge on any atom is -0.449 e. The Morgan fingerprint density at radius 3 is 2.28 bits per heavy atom. The van der Waals surface area contributed by atoms with E-state index in [9.17, 15) is 19.8 Å². The SMILES string of the molecule is C=CN=CSCCOC(=O)NC(CC)CCC(CC)NC(O)C(CO)NC(=O)N(C)CC1=CCSC(C(C)C)=N1.CC.CC.CC. The molecule has 1 aliphatic heterocycles. The number of nitrogens with zero attached hydrogens (tertiary/aromatic N) is 3. The Morgan fingerprint density at radius 1 is 1.13 bits per heavy atom. The Hall–Kier alpha value is -2.06. The number of hydrogen-bond acceptors (Lipinski definition) is 10. The number of alkyl carbamates (subject to hydrolysis) is 1. The highest BCUT2D eigenvalue weighted by atomic mass is 32.2. The zero-order valence-electron chi connectivity index (χ0n) is 30.5. The second-order valence-corrected chi connectivity index (χ2v) is 11.7. The molecule has 4 atom stereocenters. The molecule has 11 nitrogen and oxygen atoms in total. The molecule has 5 N–H and O–H groups in total. The van der Waals surface area contributed by atoms with Crippen molar-refractivity contribution in [3.05, 3.63) is 24.6 Å². The van der Waals surface area contributed by atoms with Crippen molar-refractivity contribution in [3.63, 3.8) is 0 Å². The average molecular weight is 691 g/mol. The molecule has 46 heavy (non-hydrogen) atoms. The molecule has 0 saturated heterocycles. The van der Waals surface area contributed by atoms with Gasteiger partial charge in [-0.2, -0.15) is 0 Å². The first-order valence-electron chi connectivity index (χ1n) is 16.8. The van der Waals surface area contributed by atoms with Gasteiger partial charge in [-0.05, 0) is 25.7 Å². The van der Waals surface area contributed by atoms with E-state index in [-0.39, 0.29) is 18.7 Å². The van der Waals surface area contributed by atoms with Crippen molar-refractivity contribution >= 4 is 46.2 Å². The van der Waals surface area contributed by atoms with Gasteiger partial charge >= 0.3 is 12.1 Å². The molecule has 0 aromatic carbocycles. The number of urea groups is 1. The molecule has 0 saturated carbocycles. The van der Waals surface area contributed by atoms with Crippen molar-refractivity contribution in [1.82, 2.24) is 20.9 Å². The standard InChI is InChI=1S/C27H48N6O5S2.3C2H6/c1-7-20(10-11-21(8-2)31-27(37)38-13-15-39-18-28-9-3)29-24(35)23(17-34)32-26(36)33(6)16-22-12-14-40-25(30-22)19(4)5;3*1-2/h9,12,18-21,23-24,29,34-35H,3,7-8,10-11,13-17H2,1-2,4-6H3,(H,31,37)(H,32,36);3*1-2H3. The van der Waals surface area contributed by atoms with Crippen LogP contribution < -0.4 is 16.0 Å². The van der Waals surface area contributed by atoms with Gasteiger partial charge in [0.1, 0.15) is 12.8 Å². The summed E-state index contributed by atoms with van der Waals surface area (Å²) in [4.78, 5) is 34.9. The lowest BCUT2D eigenvalue weighted by atomic mass is 10.0. The molecule has 4 unspecified atom stereocenters. The summed E-state index contributed by atoms with van der Waals surface area (Å²) in [6.45, 7) is 23.8. The maximum Gasteiger partial charge on any atom is 0.407 e. The third-order valence-electron chi connectivity index (χ3n) is 6.18. The highest BCUT2D eigenvalue weighted by molar-refractivity contribution is 8.14. The van der Waals surface area contributed by atoms with Crippen LogP contribution in [0.5, 0.6) is 0 Å². The monoisotopic (exact) mass is 690 g/mol. The predicted molar refractivity (Wildman–Crippen MR) is 201 cm³/mol. The van der Waals surface area contributed by atoms with Gasteiger partial charge in [-0.1, -0.05) is 81.9 Å². The Balaban J connectivity index is -0.00000290. The van der Waals surface area contributed by atoms with Gasteiger partial charge in [0.25, 0.3) is 0 Å². The van der Waals surface area contributed by atoms with E-state index in [0.717, 1.165) is 29.3 Å². The lowest BCUT2D eigenvalue weighted by Gasteiger charge is -2.30. The Labute approximate surface area is 289 Å². The van der Waals surface area contributed by atoms with Gasteiger partial charge in [-0.3, -0.25) is 10.3 Å². The molecule has 0 radical (unpaired) electrons. The smallest absolute Gasteiger partial charge is 0.407 e. The number of amides is 3. The van der Waals surface area contributed by atoms with Crippen LogP contribution >= 0.6 is 23.5 Å². The number of carbonyl (C=O) groups excluding carboxylic acids is 2. The fourth-order valence-electron chi connectivity index (χ4n) is 3.72. The summed E-state index contributed by atoms with van der Waals surface area (Å²) in [6.07, 6.45) is 4.63. The van der Waals surface area contributed by atoms with Gasteiger partial charge in [0.05, 0.1) is 35.5 Å². The van der Waals surface area contributed by atoms with Crippen molar-refractivity contribution < 1.29 is 24.5 Å². The summed E-state index contributed by atoms with van der Waals surface area (Å²) in [5.41, 5.74) is 2.47. The largest absolute Gasteiger partial charge is 0.449 e. The van der Waals surface area contributed by atoms with E-state index in [1.54, 1.807) is 24.4 Å². The summed E-state index contributed by atoms with van der Waals surface area (Å²) < 4.78 is 5.22. The van der Waals surface area contributed by atoms with E-state index in [4.69, 9.17) is 4.74 Å². The average Bonchev–Trinajstić information content (AvgIpc) is 3.08. The molecule has 1 rings (SSSR count). The van der Waals surface area contributed by atoms with Gasteiger partial charge in [0.2, 0.25) is 0 Å². The van der Waals surface area contributed by atoms with E-state index >= 15 is 0 Å². The summed E-state index contributed by atoms with van der Waals surface area (Å²) in [5, 5.41) is 30.4. The van der Waals surface area contributed by atoms with Gasteiger partial charge in [-0.25, -0.2) is 14.6 Å². The van der Waals surface area contributed by atoms with Crippen LogP contribution in [0.2, 0.25) is 0 Å². The third kappa shape index (κ3) is 23.3. The maximum absolute atomic E-state index is 12.8. The molecule has 3 amide bonds. The summed E-state index contributed by atoms with van der Waals surface area (Å²) in [7, 11) is 1.66. The van der Waals surface area contributed by atoms with Crippen molar-refractivity contribution in [2.45, 2.75) is 119 Å². The molecule has 0 aliphatic carbocycles. The number of ether oxygens (including phenoxy) is 1. The Morgan fingerprint density at radius 2 is 1.74 bits per heavy atom. The normalized spacial score (nSPS) is 14.7. The topological polar surface area (TPSA) is 148 Å². The van der Waals surface area contributed by atoms with Crippen molar-refractivity contribution in [2.24, 2.45) is 15.9 Å². The van der Waals surface area contributed by atoms with Crippen molar-refractivity contribution in [3.8, 4) is 0 Å². The first kappa shape index (κ1) is 48.3. The van der Waals surface area contributed by atoms with Crippen LogP contribution in [0.3, 0.4) is 0 Å². The van der Waals surface area contributed by atoms with Gasteiger partial charge in [0, 0.05) is 42.8 Å². The minimum atomic E-state index is -1.15. The fourth-order valence-corrected chi connectivity index (χ4v) is 5.14. The number of thioether (sulfide) groups is 2. The number of aliphatic hydroxyl groups is 2. The second-order valence-electron chi connectivity index (χ2n) is 9.69. The van der Waals surface area contributed by atoms with Crippen LogP contribution in [0.25, 0.3) is 0 Å². The van der Waals surface area contributed by atoms with Crippen LogP contribution in [0.1, 0.15) is 94.9 Å². The van der Waals surface area contributed by atoms with E-state index in [0.29, 0.717) is 31.1 Å². The Kier molecular flexibility index (Phi) is 34.5. The van der Waals surface area contributed by atoms with Crippen LogP contribution in [0.4, 0.5) is 9.59 Å². The highest BCUT2D eigenvalue weighted by Gasteiger charge is 2.25. The molecular weight excluding hydrogens is 625 g/mol. The second kappa shape index (κ2) is 32.9. The van der Waals surface area contributed by atoms with E-state index < -0.39 is 31.0 Å². The highest BCUT2D eigenvalue weighted by Crippen LogP contribution is 2.21. The molecule has 0 aromatic rings. The zero-order chi connectivity index (χ0) is 35.9. The summed E-state index contributed by atoms with van der Waals surface area (Å²) >= 11 is 3.13. The maximum atomic E-state index is 12.8. The third-order valence-corrected chi connectivity index (χ3v) is 8.05. The van der Waals surface area contributed by atoms with Crippen LogP contribution in [0, 0.1) is 5.92 Å². The van der Waals surface area contributed by atoms with Crippen LogP contribution in [-0.2, 0) is 4.74 Å². The number of likely N-dealkylation sites (N-methyl/N-ethyl adjacent to an activating group) is 1. The number of hydrogen-bond donors (Lipinski definition) is 5. The predicted octanol–water partition coefficient (Wildman–Crippen LogP) is 6.63. The van der Waals surface area contributed by atoms with Crippen molar-refractivity contribution in [2.75, 3.05) is 38.3 Å². The number of aliphatic imine (C=N–C) groups is 2. The molecule has 270 valence electrons. The van der Waals surface area contributed by atoms with Crippen LogP contribution in [0.15, 0.2) is 34.5 Å².